The maximum atomic E-state index is 12.6. The molecule has 3 rings (SSSR count). The van der Waals surface area contributed by atoms with Crippen LogP contribution in [0.2, 0.25) is 0 Å². The molecule has 0 bridgehead atoms. The van der Waals surface area contributed by atoms with Gasteiger partial charge in [0, 0.05) is 5.70 Å². The monoisotopic (exact) mass is 348 g/mol. The Morgan fingerprint density at radius 3 is 2.42 bits per heavy atom. The highest BCUT2D eigenvalue weighted by molar-refractivity contribution is 5.95. The quantitative estimate of drug-likeness (QED) is 0.814. The average Bonchev–Trinajstić information content (AvgIpc) is 2.66. The van der Waals surface area contributed by atoms with Crippen molar-refractivity contribution in [1.82, 2.24) is 10.6 Å². The lowest BCUT2D eigenvalue weighted by Gasteiger charge is -2.25. The van der Waals surface area contributed by atoms with Gasteiger partial charge < -0.3 is 15.4 Å². The largest absolute Gasteiger partial charge is 0.457 e. The molecule has 2 N–H and O–H groups in total. The lowest BCUT2D eigenvalue weighted by Crippen LogP contribution is -2.49. The van der Waals surface area contributed by atoms with E-state index >= 15 is 0 Å². The minimum Gasteiger partial charge on any atom is -0.457 e. The van der Waals surface area contributed by atoms with Crippen LogP contribution in [0, 0.1) is 0 Å². The lowest BCUT2D eigenvalue weighted by molar-refractivity contribution is -0.140. The summed E-state index contributed by atoms with van der Waals surface area (Å²) in [6.07, 6.45) is 3.66. The van der Waals surface area contributed by atoms with Crippen molar-refractivity contribution in [2.24, 2.45) is 0 Å². The topological polar surface area (TPSA) is 67.4 Å². The van der Waals surface area contributed by atoms with Crippen LogP contribution in [0.3, 0.4) is 0 Å². The minimum absolute atomic E-state index is 0.180. The third kappa shape index (κ3) is 4.39. The summed E-state index contributed by atoms with van der Waals surface area (Å²) >= 11 is 0. The zero-order valence-electron chi connectivity index (χ0n) is 14.4. The Labute approximate surface area is 152 Å². The molecule has 2 amide bonds. The standard InChI is InChI=1S/C21H20N2O3/c1-15-19(20(24)26-14-17-10-6-3-7-11-17)18(23-21(25)22-15)13-12-16-8-4-2-5-9-16/h2-13,18H,14H2,1H3,(H2,22,23,25)/b13-12+/t18-/m0/s1. The smallest absolute Gasteiger partial charge is 0.338 e. The molecule has 0 aliphatic carbocycles. The van der Waals surface area contributed by atoms with Gasteiger partial charge in [-0.1, -0.05) is 72.8 Å². The number of rotatable bonds is 5. The second-order valence-corrected chi connectivity index (χ2v) is 5.95. The molecule has 0 aromatic heterocycles. The van der Waals surface area contributed by atoms with Gasteiger partial charge in [-0.05, 0) is 18.1 Å². The Balaban J connectivity index is 1.76. The predicted octanol–water partition coefficient (Wildman–Crippen LogP) is 3.40. The van der Waals surface area contributed by atoms with Gasteiger partial charge in [0.05, 0.1) is 11.6 Å². The fraction of sp³-hybridized carbons (Fsp3) is 0.143. The van der Waals surface area contributed by atoms with Gasteiger partial charge in [-0.2, -0.15) is 0 Å². The highest BCUT2D eigenvalue weighted by Crippen LogP contribution is 2.17. The number of urea groups is 1. The summed E-state index contributed by atoms with van der Waals surface area (Å²) in [7, 11) is 0. The number of nitrogens with one attached hydrogen (secondary N) is 2. The van der Waals surface area contributed by atoms with E-state index in [9.17, 15) is 9.59 Å². The Morgan fingerprint density at radius 2 is 1.73 bits per heavy atom. The van der Waals surface area contributed by atoms with E-state index in [4.69, 9.17) is 4.74 Å². The fourth-order valence-corrected chi connectivity index (χ4v) is 2.72. The Morgan fingerprint density at radius 1 is 1.08 bits per heavy atom. The van der Waals surface area contributed by atoms with Crippen molar-refractivity contribution < 1.29 is 14.3 Å². The van der Waals surface area contributed by atoms with Crippen LogP contribution in [0.1, 0.15) is 18.1 Å². The van der Waals surface area contributed by atoms with Gasteiger partial charge in [0.1, 0.15) is 6.61 Å². The highest BCUT2D eigenvalue weighted by atomic mass is 16.5. The normalized spacial score (nSPS) is 17.0. The van der Waals surface area contributed by atoms with Crippen LogP contribution in [0.15, 0.2) is 78.0 Å². The zero-order valence-corrected chi connectivity index (χ0v) is 14.4. The molecule has 1 aliphatic heterocycles. The summed E-state index contributed by atoms with van der Waals surface area (Å²) < 4.78 is 5.43. The summed E-state index contributed by atoms with van der Waals surface area (Å²) in [5.74, 6) is -0.457. The first-order chi connectivity index (χ1) is 12.6. The summed E-state index contributed by atoms with van der Waals surface area (Å²) in [5, 5.41) is 5.38. The number of ether oxygens (including phenoxy) is 1. The second-order valence-electron chi connectivity index (χ2n) is 5.95. The third-order valence-corrected chi connectivity index (χ3v) is 4.02. The van der Waals surface area contributed by atoms with Gasteiger partial charge in [0.2, 0.25) is 0 Å². The van der Waals surface area contributed by atoms with E-state index in [2.05, 4.69) is 10.6 Å². The molecule has 5 heteroatoms. The summed E-state index contributed by atoms with van der Waals surface area (Å²) in [5.41, 5.74) is 2.78. The maximum Gasteiger partial charge on any atom is 0.338 e. The summed E-state index contributed by atoms with van der Waals surface area (Å²) in [4.78, 5) is 24.4. The molecule has 0 spiro atoms. The molecule has 5 nitrogen and oxygen atoms in total. The molecule has 0 radical (unpaired) electrons. The van der Waals surface area contributed by atoms with Gasteiger partial charge in [-0.25, -0.2) is 9.59 Å². The van der Waals surface area contributed by atoms with Gasteiger partial charge in [-0.3, -0.25) is 0 Å². The van der Waals surface area contributed by atoms with Crippen molar-refractivity contribution in [2.45, 2.75) is 19.6 Å². The van der Waals surface area contributed by atoms with Crippen LogP contribution in [0.4, 0.5) is 4.79 Å². The number of carbonyl (C=O) groups is 2. The Bertz CT molecular complexity index is 842. The fourth-order valence-electron chi connectivity index (χ4n) is 2.72. The van der Waals surface area contributed by atoms with Gasteiger partial charge in [0.25, 0.3) is 0 Å². The van der Waals surface area contributed by atoms with E-state index in [1.807, 2.05) is 66.7 Å². The predicted molar refractivity (Wildman–Crippen MR) is 99.9 cm³/mol. The van der Waals surface area contributed by atoms with E-state index in [0.717, 1.165) is 11.1 Å². The number of hydrogen-bond donors (Lipinski definition) is 2. The van der Waals surface area contributed by atoms with Crippen LogP contribution in [0.25, 0.3) is 6.08 Å². The van der Waals surface area contributed by atoms with Crippen molar-refractivity contribution in [1.29, 1.82) is 0 Å². The number of benzene rings is 2. The summed E-state index contributed by atoms with van der Waals surface area (Å²) in [6.45, 7) is 1.88. The third-order valence-electron chi connectivity index (χ3n) is 4.02. The van der Waals surface area contributed by atoms with E-state index in [-0.39, 0.29) is 12.6 Å². The molecule has 0 saturated carbocycles. The zero-order chi connectivity index (χ0) is 18.4. The Hall–Kier alpha value is -3.34. The highest BCUT2D eigenvalue weighted by Gasteiger charge is 2.29. The average molecular weight is 348 g/mol. The number of carbonyl (C=O) groups excluding carboxylic acids is 2. The van der Waals surface area contributed by atoms with E-state index < -0.39 is 12.0 Å². The lowest BCUT2D eigenvalue weighted by atomic mass is 10.0. The number of amides is 2. The molecular formula is C21H20N2O3. The van der Waals surface area contributed by atoms with Crippen molar-refractivity contribution in [2.75, 3.05) is 0 Å². The van der Waals surface area contributed by atoms with E-state index in [1.54, 1.807) is 13.0 Å². The molecule has 0 unspecified atom stereocenters. The molecule has 1 atom stereocenters. The number of allylic oxidation sites excluding steroid dienone is 1. The van der Waals surface area contributed by atoms with Crippen LogP contribution in [0.5, 0.6) is 0 Å². The molecule has 132 valence electrons. The first kappa shape index (κ1) is 17.5. The number of esters is 1. The first-order valence-corrected chi connectivity index (χ1v) is 8.36. The van der Waals surface area contributed by atoms with Crippen molar-refractivity contribution in [3.8, 4) is 0 Å². The first-order valence-electron chi connectivity index (χ1n) is 8.36. The molecule has 1 heterocycles. The van der Waals surface area contributed by atoms with Gasteiger partial charge in [0.15, 0.2) is 0 Å². The van der Waals surface area contributed by atoms with Crippen LogP contribution in [-0.4, -0.2) is 18.0 Å². The van der Waals surface area contributed by atoms with Crippen LogP contribution >= 0.6 is 0 Å². The molecule has 0 saturated heterocycles. The summed E-state index contributed by atoms with van der Waals surface area (Å²) in [6, 6.07) is 18.3. The maximum absolute atomic E-state index is 12.6. The molecule has 2 aromatic rings. The molecule has 26 heavy (non-hydrogen) atoms. The van der Waals surface area contributed by atoms with Crippen molar-refractivity contribution in [3.63, 3.8) is 0 Å². The Kier molecular flexibility index (Phi) is 5.49. The van der Waals surface area contributed by atoms with Crippen LogP contribution < -0.4 is 10.6 Å². The molecular weight excluding hydrogens is 328 g/mol. The van der Waals surface area contributed by atoms with Gasteiger partial charge >= 0.3 is 12.0 Å². The van der Waals surface area contributed by atoms with Gasteiger partial charge in [-0.15, -0.1) is 0 Å². The van der Waals surface area contributed by atoms with E-state index in [0.29, 0.717) is 11.3 Å². The second kappa shape index (κ2) is 8.16. The molecule has 1 aliphatic rings. The molecule has 0 fully saturated rings. The minimum atomic E-state index is -0.549. The molecule has 2 aromatic carbocycles. The van der Waals surface area contributed by atoms with E-state index in [1.165, 1.54) is 0 Å². The van der Waals surface area contributed by atoms with Crippen LogP contribution in [-0.2, 0) is 16.1 Å². The van der Waals surface area contributed by atoms with Crippen molar-refractivity contribution >= 4 is 18.1 Å². The van der Waals surface area contributed by atoms with Crippen molar-refractivity contribution in [3.05, 3.63) is 89.1 Å². The SMILES string of the molecule is CC1=C(C(=O)OCc2ccccc2)[C@H](/C=C/c2ccccc2)NC(=O)N1. The number of hydrogen-bond acceptors (Lipinski definition) is 3.